The highest BCUT2D eigenvalue weighted by molar-refractivity contribution is 5.90. The van der Waals surface area contributed by atoms with Gasteiger partial charge in [-0.2, -0.15) is 9.61 Å². The number of nitrogens with zero attached hydrogens (tertiary/aromatic N) is 4. The van der Waals surface area contributed by atoms with Gasteiger partial charge >= 0.3 is 0 Å². The van der Waals surface area contributed by atoms with Gasteiger partial charge < -0.3 is 14.0 Å². The lowest BCUT2D eigenvalue weighted by Gasteiger charge is -2.13. The molecule has 0 unspecified atom stereocenters. The van der Waals surface area contributed by atoms with Crippen LogP contribution in [0.4, 0.5) is 0 Å². The summed E-state index contributed by atoms with van der Waals surface area (Å²) in [5.74, 6) is 0.849. The maximum absolute atomic E-state index is 5.57. The average molecular weight is 469 g/mol. The Labute approximate surface area is 206 Å². The molecule has 0 N–H and O–H groups in total. The summed E-state index contributed by atoms with van der Waals surface area (Å²) in [5.41, 5.74) is 12.2. The zero-order valence-electron chi connectivity index (χ0n) is 21.6. The molecule has 5 rings (SSSR count). The zero-order valence-corrected chi connectivity index (χ0v) is 21.6. The molecule has 0 aliphatic carbocycles. The highest BCUT2D eigenvalue weighted by atomic mass is 16.5. The van der Waals surface area contributed by atoms with Crippen LogP contribution in [0.5, 0.6) is 5.75 Å². The molecule has 0 spiro atoms. The van der Waals surface area contributed by atoms with Crippen molar-refractivity contribution in [1.82, 2.24) is 19.2 Å². The van der Waals surface area contributed by atoms with Gasteiger partial charge in [0.25, 0.3) is 0 Å². The second kappa shape index (κ2) is 8.86. The predicted octanol–water partition coefficient (Wildman–Crippen LogP) is 6.10. The average Bonchev–Trinajstić information content (AvgIpc) is 3.32. The van der Waals surface area contributed by atoms with Crippen molar-refractivity contribution in [3.63, 3.8) is 0 Å². The Kier molecular flexibility index (Phi) is 5.85. The predicted molar refractivity (Wildman–Crippen MR) is 140 cm³/mol. The first-order valence-electron chi connectivity index (χ1n) is 11.9. The SMILES string of the molecule is COCc1cc2c(C)nc3c(-c4c(C)cc(C)cc4C)c(C)nn3c2n1Cc1ccc(OC)cc1. The molecule has 180 valence electrons. The molecule has 0 saturated heterocycles. The number of methoxy groups -OCH3 is 2. The number of hydrogen-bond acceptors (Lipinski definition) is 4. The second-order valence-corrected chi connectivity index (χ2v) is 9.41. The molecule has 6 heteroatoms. The molecule has 6 nitrogen and oxygen atoms in total. The van der Waals surface area contributed by atoms with Gasteiger partial charge in [-0.25, -0.2) is 4.98 Å². The summed E-state index contributed by atoms with van der Waals surface area (Å²) in [6.45, 7) is 11.9. The van der Waals surface area contributed by atoms with E-state index in [0.29, 0.717) is 13.2 Å². The van der Waals surface area contributed by atoms with Crippen molar-refractivity contribution in [3.05, 3.63) is 81.8 Å². The van der Waals surface area contributed by atoms with Crippen LogP contribution >= 0.6 is 0 Å². The van der Waals surface area contributed by atoms with Crippen molar-refractivity contribution in [2.75, 3.05) is 14.2 Å². The monoisotopic (exact) mass is 468 g/mol. The Hall–Kier alpha value is -3.64. The van der Waals surface area contributed by atoms with E-state index < -0.39 is 0 Å². The largest absolute Gasteiger partial charge is 0.497 e. The van der Waals surface area contributed by atoms with Crippen LogP contribution in [0.2, 0.25) is 0 Å². The molecule has 3 aromatic heterocycles. The van der Waals surface area contributed by atoms with Crippen molar-refractivity contribution in [3.8, 4) is 16.9 Å². The Balaban J connectivity index is 1.79. The molecule has 0 atom stereocenters. The lowest BCUT2D eigenvalue weighted by Crippen LogP contribution is -2.09. The lowest BCUT2D eigenvalue weighted by molar-refractivity contribution is 0.178. The first-order chi connectivity index (χ1) is 16.8. The van der Waals surface area contributed by atoms with Crippen LogP contribution in [-0.4, -0.2) is 33.4 Å². The number of fused-ring (bicyclic) bond motifs is 3. The lowest BCUT2D eigenvalue weighted by atomic mass is 9.94. The number of aryl methyl sites for hydroxylation is 5. The molecular weight excluding hydrogens is 436 g/mol. The number of ether oxygens (including phenoxy) is 2. The van der Waals surface area contributed by atoms with E-state index in [1.54, 1.807) is 14.2 Å². The minimum absolute atomic E-state index is 0.509. The molecule has 0 amide bonds. The van der Waals surface area contributed by atoms with Gasteiger partial charge in [-0.3, -0.25) is 0 Å². The van der Waals surface area contributed by atoms with Gasteiger partial charge in [0.1, 0.15) is 11.4 Å². The van der Waals surface area contributed by atoms with Crippen LogP contribution in [0.1, 0.15) is 39.3 Å². The van der Waals surface area contributed by atoms with Gasteiger partial charge in [0.2, 0.25) is 0 Å². The van der Waals surface area contributed by atoms with Crippen molar-refractivity contribution in [2.45, 2.75) is 47.8 Å². The van der Waals surface area contributed by atoms with E-state index in [-0.39, 0.29) is 0 Å². The van der Waals surface area contributed by atoms with Gasteiger partial charge in [0, 0.05) is 24.7 Å². The Morgan fingerprint density at radius 3 is 2.14 bits per heavy atom. The van der Waals surface area contributed by atoms with Crippen LogP contribution in [0.15, 0.2) is 42.5 Å². The Bertz CT molecular complexity index is 1540. The van der Waals surface area contributed by atoms with Crippen molar-refractivity contribution >= 4 is 16.7 Å². The van der Waals surface area contributed by atoms with Gasteiger partial charge in [0.05, 0.1) is 30.7 Å². The van der Waals surface area contributed by atoms with Crippen molar-refractivity contribution < 1.29 is 9.47 Å². The molecule has 0 aliphatic heterocycles. The van der Waals surface area contributed by atoms with Crippen molar-refractivity contribution in [2.24, 2.45) is 0 Å². The number of benzene rings is 2. The number of aromatic nitrogens is 4. The van der Waals surface area contributed by atoms with E-state index >= 15 is 0 Å². The third-order valence-electron chi connectivity index (χ3n) is 6.77. The fourth-order valence-corrected chi connectivity index (χ4v) is 5.29. The van der Waals surface area contributed by atoms with Gasteiger partial charge in [-0.1, -0.05) is 29.8 Å². The summed E-state index contributed by atoms with van der Waals surface area (Å²) in [5, 5.41) is 6.13. The summed E-state index contributed by atoms with van der Waals surface area (Å²) in [7, 11) is 3.42. The molecule has 5 aromatic rings. The van der Waals surface area contributed by atoms with Crippen LogP contribution < -0.4 is 4.74 Å². The fourth-order valence-electron chi connectivity index (χ4n) is 5.29. The van der Waals surface area contributed by atoms with Crippen LogP contribution in [0, 0.1) is 34.6 Å². The standard InChI is InChI=1S/C29H32N4O2/c1-17-12-18(2)26(19(3)13-17)27-21(5)31-33-28(27)30-20(4)25-14-23(16-34-6)32(29(25)33)15-22-8-10-24(35-7)11-9-22/h8-14H,15-16H2,1-7H3. The quantitative estimate of drug-likeness (QED) is 0.302. The van der Waals surface area contributed by atoms with Gasteiger partial charge in [-0.05, 0) is 75.1 Å². The molecular formula is C29H32N4O2. The topological polar surface area (TPSA) is 53.6 Å². The van der Waals surface area contributed by atoms with E-state index in [1.807, 2.05) is 16.6 Å². The van der Waals surface area contributed by atoms with Gasteiger partial charge in [0.15, 0.2) is 5.65 Å². The minimum atomic E-state index is 0.509. The summed E-state index contributed by atoms with van der Waals surface area (Å²) in [6.07, 6.45) is 0. The van der Waals surface area contributed by atoms with E-state index in [0.717, 1.165) is 45.1 Å². The zero-order chi connectivity index (χ0) is 24.9. The van der Waals surface area contributed by atoms with Crippen LogP contribution in [-0.2, 0) is 17.9 Å². The maximum Gasteiger partial charge on any atom is 0.165 e. The summed E-state index contributed by atoms with van der Waals surface area (Å²) < 4.78 is 15.2. The van der Waals surface area contributed by atoms with Gasteiger partial charge in [-0.15, -0.1) is 0 Å². The fraction of sp³-hybridized carbons (Fsp3) is 0.310. The highest BCUT2D eigenvalue weighted by Gasteiger charge is 2.22. The van der Waals surface area contributed by atoms with E-state index in [9.17, 15) is 0 Å². The van der Waals surface area contributed by atoms with Crippen molar-refractivity contribution in [1.29, 1.82) is 0 Å². The first kappa shape index (κ1) is 23.1. The normalized spacial score (nSPS) is 11.6. The second-order valence-electron chi connectivity index (χ2n) is 9.41. The van der Waals surface area contributed by atoms with Crippen LogP contribution in [0.3, 0.4) is 0 Å². The molecule has 3 heterocycles. The number of rotatable bonds is 6. The Morgan fingerprint density at radius 1 is 0.829 bits per heavy atom. The first-order valence-corrected chi connectivity index (χ1v) is 11.9. The highest BCUT2D eigenvalue weighted by Crippen LogP contribution is 2.36. The maximum atomic E-state index is 5.57. The summed E-state index contributed by atoms with van der Waals surface area (Å²) >= 11 is 0. The molecule has 0 bridgehead atoms. The molecule has 2 aromatic carbocycles. The molecule has 35 heavy (non-hydrogen) atoms. The van der Waals surface area contributed by atoms with Crippen LogP contribution in [0.25, 0.3) is 27.8 Å². The summed E-state index contributed by atoms with van der Waals surface area (Å²) in [4.78, 5) is 5.08. The third-order valence-corrected chi connectivity index (χ3v) is 6.77. The third kappa shape index (κ3) is 3.88. The molecule has 0 radical (unpaired) electrons. The van der Waals surface area contributed by atoms with E-state index in [4.69, 9.17) is 19.6 Å². The van der Waals surface area contributed by atoms with E-state index in [2.05, 4.69) is 69.5 Å². The smallest absolute Gasteiger partial charge is 0.165 e. The molecule has 0 fully saturated rings. The summed E-state index contributed by atoms with van der Waals surface area (Å²) in [6, 6.07) is 14.9. The number of hydrogen-bond donors (Lipinski definition) is 0. The van der Waals surface area contributed by atoms with E-state index in [1.165, 1.54) is 27.8 Å². The molecule has 0 aliphatic rings. The molecule has 0 saturated carbocycles. The minimum Gasteiger partial charge on any atom is -0.497 e. The Morgan fingerprint density at radius 2 is 1.51 bits per heavy atom.